The average molecular weight is 395 g/mol. The van der Waals surface area contributed by atoms with Gasteiger partial charge in [0.25, 0.3) is 11.8 Å². The SMILES string of the molecule is O=C(CCC(=O)ON1C(=O)c2ccccc2C1=O)Nc1ccc2[nH]c(=O)[nH]c2n1. The first kappa shape index (κ1) is 18.1. The molecule has 0 aliphatic carbocycles. The van der Waals surface area contributed by atoms with Gasteiger partial charge < -0.3 is 15.1 Å². The summed E-state index contributed by atoms with van der Waals surface area (Å²) in [4.78, 5) is 73.4. The maximum Gasteiger partial charge on any atom is 0.333 e. The van der Waals surface area contributed by atoms with Crippen LogP contribution in [0.4, 0.5) is 5.82 Å². The fourth-order valence-corrected chi connectivity index (χ4v) is 2.80. The van der Waals surface area contributed by atoms with Gasteiger partial charge in [-0.3, -0.25) is 19.4 Å². The standard InChI is InChI=1S/C18H13N5O6/c24-13(20-12-6-5-11-15(21-12)22-18(28)19-11)7-8-14(25)29-23-16(26)9-3-1-2-4-10(9)17(23)27/h1-6H,7-8H2,(H3,19,20,21,22,24,28). The molecular formula is C18H13N5O6. The number of rotatable bonds is 5. The molecule has 3 aromatic rings. The quantitative estimate of drug-likeness (QED) is 0.538. The van der Waals surface area contributed by atoms with Gasteiger partial charge in [0.2, 0.25) is 5.91 Å². The fraction of sp³-hybridized carbons (Fsp3) is 0.111. The largest absolute Gasteiger partial charge is 0.333 e. The average Bonchev–Trinajstić information content (AvgIpc) is 3.18. The number of nitrogens with one attached hydrogen (secondary N) is 3. The van der Waals surface area contributed by atoms with Crippen LogP contribution in [0.25, 0.3) is 11.2 Å². The monoisotopic (exact) mass is 395 g/mol. The first-order valence-corrected chi connectivity index (χ1v) is 8.50. The summed E-state index contributed by atoms with van der Waals surface area (Å²) < 4.78 is 0. The number of hydroxylamine groups is 2. The van der Waals surface area contributed by atoms with Crippen molar-refractivity contribution in [2.45, 2.75) is 12.8 Å². The summed E-state index contributed by atoms with van der Waals surface area (Å²) in [6.07, 6.45) is -0.617. The van der Waals surface area contributed by atoms with E-state index < -0.39 is 29.4 Å². The van der Waals surface area contributed by atoms with E-state index in [2.05, 4.69) is 20.3 Å². The molecule has 0 saturated heterocycles. The van der Waals surface area contributed by atoms with E-state index in [0.29, 0.717) is 10.6 Å². The second-order valence-electron chi connectivity index (χ2n) is 6.13. The van der Waals surface area contributed by atoms with Crippen LogP contribution in [0, 0.1) is 0 Å². The summed E-state index contributed by atoms with van der Waals surface area (Å²) in [6, 6.07) is 9.15. The fourth-order valence-electron chi connectivity index (χ4n) is 2.80. The Balaban J connectivity index is 1.32. The number of aromatic nitrogens is 3. The van der Waals surface area contributed by atoms with E-state index in [1.165, 1.54) is 18.2 Å². The van der Waals surface area contributed by atoms with Gasteiger partial charge in [-0.25, -0.2) is 14.6 Å². The Bertz CT molecular complexity index is 1190. The number of hydrogen-bond donors (Lipinski definition) is 3. The van der Waals surface area contributed by atoms with E-state index in [0.717, 1.165) is 0 Å². The number of hydrogen-bond acceptors (Lipinski definition) is 7. The molecule has 0 unspecified atom stereocenters. The molecule has 146 valence electrons. The second-order valence-corrected chi connectivity index (χ2v) is 6.13. The Morgan fingerprint density at radius 1 is 0.966 bits per heavy atom. The number of benzene rings is 1. The van der Waals surface area contributed by atoms with Crippen LogP contribution >= 0.6 is 0 Å². The van der Waals surface area contributed by atoms with Crippen LogP contribution in [-0.4, -0.2) is 43.7 Å². The zero-order valence-corrected chi connectivity index (χ0v) is 14.7. The zero-order chi connectivity index (χ0) is 20.5. The Morgan fingerprint density at radius 3 is 2.34 bits per heavy atom. The van der Waals surface area contributed by atoms with Crippen molar-refractivity contribution in [1.29, 1.82) is 0 Å². The van der Waals surface area contributed by atoms with E-state index in [1.54, 1.807) is 18.2 Å². The lowest BCUT2D eigenvalue weighted by atomic mass is 10.1. The van der Waals surface area contributed by atoms with Crippen molar-refractivity contribution in [2.24, 2.45) is 0 Å². The molecule has 29 heavy (non-hydrogen) atoms. The summed E-state index contributed by atoms with van der Waals surface area (Å²) in [5, 5.41) is 2.87. The van der Waals surface area contributed by atoms with Crippen molar-refractivity contribution in [1.82, 2.24) is 20.0 Å². The molecule has 11 nitrogen and oxygen atoms in total. The van der Waals surface area contributed by atoms with Crippen LogP contribution in [0.1, 0.15) is 33.6 Å². The molecule has 0 radical (unpaired) electrons. The van der Waals surface area contributed by atoms with Crippen LogP contribution in [0.5, 0.6) is 0 Å². The van der Waals surface area contributed by atoms with E-state index in [9.17, 15) is 24.0 Å². The Kier molecular flexibility index (Phi) is 4.39. The third kappa shape index (κ3) is 3.48. The molecule has 3 amide bonds. The molecule has 2 aromatic heterocycles. The minimum Gasteiger partial charge on any atom is -0.330 e. The van der Waals surface area contributed by atoms with Crippen LogP contribution in [0.15, 0.2) is 41.2 Å². The molecule has 0 spiro atoms. The lowest BCUT2D eigenvalue weighted by molar-refractivity contribution is -0.168. The minimum absolute atomic E-state index is 0.146. The van der Waals surface area contributed by atoms with Gasteiger partial charge in [0.05, 0.1) is 23.1 Å². The van der Waals surface area contributed by atoms with E-state index >= 15 is 0 Å². The molecule has 3 heterocycles. The lowest BCUT2D eigenvalue weighted by Crippen LogP contribution is -2.32. The Morgan fingerprint density at radius 2 is 1.66 bits per heavy atom. The molecule has 3 N–H and O–H groups in total. The van der Waals surface area contributed by atoms with Crippen LogP contribution in [0.3, 0.4) is 0 Å². The lowest BCUT2D eigenvalue weighted by Gasteiger charge is -2.12. The number of fused-ring (bicyclic) bond motifs is 2. The van der Waals surface area contributed by atoms with Crippen LogP contribution in [-0.2, 0) is 14.4 Å². The molecule has 1 aliphatic heterocycles. The summed E-state index contributed by atoms with van der Waals surface area (Å²) in [5.41, 5.74) is 0.627. The van der Waals surface area contributed by atoms with Gasteiger partial charge in [-0.1, -0.05) is 17.2 Å². The van der Waals surface area contributed by atoms with Crippen molar-refractivity contribution >= 4 is 40.7 Å². The van der Waals surface area contributed by atoms with Gasteiger partial charge in [0.15, 0.2) is 5.65 Å². The van der Waals surface area contributed by atoms with E-state index in [-0.39, 0.29) is 35.4 Å². The molecule has 1 aromatic carbocycles. The number of carbonyl (C=O) groups excluding carboxylic acids is 4. The van der Waals surface area contributed by atoms with Crippen LogP contribution in [0.2, 0.25) is 0 Å². The number of imide groups is 1. The van der Waals surface area contributed by atoms with Crippen molar-refractivity contribution < 1.29 is 24.0 Å². The minimum atomic E-state index is -0.909. The number of imidazole rings is 1. The van der Waals surface area contributed by atoms with Crippen LogP contribution < -0.4 is 11.0 Å². The van der Waals surface area contributed by atoms with Crippen molar-refractivity contribution in [3.8, 4) is 0 Å². The summed E-state index contributed by atoms with van der Waals surface area (Å²) in [6.45, 7) is 0. The topological polar surface area (TPSA) is 154 Å². The number of carbonyl (C=O) groups is 4. The number of anilines is 1. The summed E-state index contributed by atoms with van der Waals surface area (Å²) in [7, 11) is 0. The molecule has 0 fully saturated rings. The van der Waals surface area contributed by atoms with Crippen molar-refractivity contribution in [3.63, 3.8) is 0 Å². The van der Waals surface area contributed by atoms with Gasteiger partial charge in [-0.15, -0.1) is 0 Å². The first-order chi connectivity index (χ1) is 13.9. The highest BCUT2D eigenvalue weighted by atomic mass is 16.7. The molecule has 11 heteroatoms. The van der Waals surface area contributed by atoms with Gasteiger partial charge in [0.1, 0.15) is 5.82 Å². The predicted molar refractivity (Wildman–Crippen MR) is 97.6 cm³/mol. The highest BCUT2D eigenvalue weighted by Crippen LogP contribution is 2.23. The number of amides is 3. The first-order valence-electron chi connectivity index (χ1n) is 8.50. The maximum atomic E-state index is 12.1. The number of H-pyrrole nitrogens is 2. The molecule has 0 saturated carbocycles. The number of pyridine rings is 1. The highest BCUT2D eigenvalue weighted by Gasteiger charge is 2.38. The van der Waals surface area contributed by atoms with E-state index in [4.69, 9.17) is 4.84 Å². The number of aromatic amines is 2. The summed E-state index contributed by atoms with van der Waals surface area (Å²) in [5.74, 6) is -2.73. The van der Waals surface area contributed by atoms with Crippen molar-refractivity contribution in [2.75, 3.05) is 5.32 Å². The molecule has 1 aliphatic rings. The Labute approximate surface area is 161 Å². The second kappa shape index (κ2) is 7.03. The third-order valence-corrected chi connectivity index (χ3v) is 4.15. The van der Waals surface area contributed by atoms with Gasteiger partial charge in [-0.2, -0.15) is 0 Å². The molecule has 4 rings (SSSR count). The predicted octanol–water partition coefficient (Wildman–Crippen LogP) is 0.724. The van der Waals surface area contributed by atoms with Gasteiger partial charge >= 0.3 is 11.7 Å². The third-order valence-electron chi connectivity index (χ3n) is 4.15. The van der Waals surface area contributed by atoms with Crippen molar-refractivity contribution in [3.05, 3.63) is 58.0 Å². The zero-order valence-electron chi connectivity index (χ0n) is 14.7. The van der Waals surface area contributed by atoms with E-state index in [1.807, 2.05) is 0 Å². The molecule has 0 bridgehead atoms. The molecule has 0 atom stereocenters. The Hall–Kier alpha value is -4.28. The van der Waals surface area contributed by atoms with Gasteiger partial charge in [0, 0.05) is 6.42 Å². The van der Waals surface area contributed by atoms with Gasteiger partial charge in [-0.05, 0) is 24.3 Å². The molecular weight excluding hydrogens is 382 g/mol. The smallest absolute Gasteiger partial charge is 0.330 e. The normalized spacial score (nSPS) is 12.9. The highest BCUT2D eigenvalue weighted by molar-refractivity contribution is 6.20. The number of nitrogens with zero attached hydrogens (tertiary/aromatic N) is 2. The maximum absolute atomic E-state index is 12.1. The summed E-state index contributed by atoms with van der Waals surface area (Å²) >= 11 is 0.